The van der Waals surface area contributed by atoms with Gasteiger partial charge in [-0.2, -0.15) is 5.26 Å². The number of nitrogens with zero attached hydrogens (tertiary/aromatic N) is 1. The third kappa shape index (κ3) is 1.76. The Bertz CT molecular complexity index is 820. The largest absolute Gasteiger partial charge is 0.360 e. The van der Waals surface area contributed by atoms with Crippen LogP contribution in [0.2, 0.25) is 0 Å². The van der Waals surface area contributed by atoms with Gasteiger partial charge in [-0.1, -0.05) is 6.07 Å². The Morgan fingerprint density at radius 3 is 2.89 bits per heavy atom. The number of carbonyl (C=O) groups is 1. The molecule has 2 heterocycles. The number of nitriles is 1. The van der Waals surface area contributed by atoms with E-state index in [2.05, 4.69) is 11.1 Å². The first-order valence-electron chi connectivity index (χ1n) is 5.81. The van der Waals surface area contributed by atoms with E-state index in [1.165, 1.54) is 11.3 Å². The highest BCUT2D eigenvalue weighted by atomic mass is 32.1. The van der Waals surface area contributed by atoms with Crippen molar-refractivity contribution in [2.24, 2.45) is 0 Å². The van der Waals surface area contributed by atoms with Crippen LogP contribution in [-0.2, 0) is 0 Å². The molecule has 0 fully saturated rings. The van der Waals surface area contributed by atoms with Crippen molar-refractivity contribution in [3.05, 3.63) is 57.4 Å². The number of aryl methyl sites for hydroxylation is 1. The van der Waals surface area contributed by atoms with Crippen molar-refractivity contribution < 1.29 is 4.79 Å². The molecule has 0 amide bonds. The van der Waals surface area contributed by atoms with E-state index in [1.807, 2.05) is 30.5 Å². The molecule has 1 aromatic carbocycles. The van der Waals surface area contributed by atoms with Gasteiger partial charge in [0.05, 0.1) is 22.1 Å². The fourth-order valence-electron chi connectivity index (χ4n) is 2.18. The predicted molar refractivity (Wildman–Crippen MR) is 75.5 cm³/mol. The van der Waals surface area contributed by atoms with Gasteiger partial charge >= 0.3 is 0 Å². The molecule has 0 atom stereocenters. The molecular formula is C15H10N2OS. The van der Waals surface area contributed by atoms with Gasteiger partial charge in [0.1, 0.15) is 0 Å². The van der Waals surface area contributed by atoms with Gasteiger partial charge < -0.3 is 4.98 Å². The molecule has 1 N–H and O–H groups in total. The fourth-order valence-corrected chi connectivity index (χ4v) is 3.06. The molecule has 19 heavy (non-hydrogen) atoms. The molecule has 3 rings (SSSR count). The molecule has 0 radical (unpaired) electrons. The number of ketones is 1. The molecule has 0 aliphatic carbocycles. The van der Waals surface area contributed by atoms with Crippen LogP contribution in [-0.4, -0.2) is 10.8 Å². The highest BCUT2D eigenvalue weighted by Crippen LogP contribution is 2.27. The summed E-state index contributed by atoms with van der Waals surface area (Å²) in [6.07, 6.45) is 1.69. The summed E-state index contributed by atoms with van der Waals surface area (Å²) in [5, 5.41) is 11.8. The van der Waals surface area contributed by atoms with Gasteiger partial charge in [0.25, 0.3) is 0 Å². The Kier molecular flexibility index (Phi) is 2.69. The highest BCUT2D eigenvalue weighted by molar-refractivity contribution is 7.12. The molecule has 92 valence electrons. The summed E-state index contributed by atoms with van der Waals surface area (Å²) >= 11 is 1.43. The lowest BCUT2D eigenvalue weighted by molar-refractivity contribution is 0.104. The molecular weight excluding hydrogens is 256 g/mol. The maximum Gasteiger partial charge on any atom is 0.205 e. The number of aromatic nitrogens is 1. The van der Waals surface area contributed by atoms with Crippen molar-refractivity contribution in [2.45, 2.75) is 6.92 Å². The highest BCUT2D eigenvalue weighted by Gasteiger charge is 2.18. The van der Waals surface area contributed by atoms with Gasteiger partial charge in [-0.3, -0.25) is 4.79 Å². The Morgan fingerprint density at radius 2 is 2.21 bits per heavy atom. The number of thiophene rings is 1. The van der Waals surface area contributed by atoms with Crippen molar-refractivity contribution in [1.29, 1.82) is 5.26 Å². The van der Waals surface area contributed by atoms with Gasteiger partial charge in [0.15, 0.2) is 0 Å². The van der Waals surface area contributed by atoms with E-state index >= 15 is 0 Å². The second-order valence-electron chi connectivity index (χ2n) is 4.30. The zero-order valence-electron chi connectivity index (χ0n) is 10.2. The van der Waals surface area contributed by atoms with E-state index in [9.17, 15) is 10.1 Å². The lowest BCUT2D eigenvalue weighted by Gasteiger charge is -2.00. The van der Waals surface area contributed by atoms with Gasteiger partial charge in [0, 0.05) is 17.1 Å². The zero-order chi connectivity index (χ0) is 13.4. The van der Waals surface area contributed by atoms with Crippen LogP contribution >= 0.6 is 11.3 Å². The molecule has 0 aliphatic rings. The number of carbonyl (C=O) groups excluding carboxylic acids is 1. The number of hydrogen-bond donors (Lipinski definition) is 1. The molecule has 3 nitrogen and oxygen atoms in total. The third-order valence-corrected chi connectivity index (χ3v) is 4.15. The van der Waals surface area contributed by atoms with Crippen LogP contribution in [0.15, 0.2) is 35.8 Å². The molecule has 3 aromatic rings. The van der Waals surface area contributed by atoms with Crippen molar-refractivity contribution in [3.8, 4) is 6.07 Å². The van der Waals surface area contributed by atoms with E-state index in [-0.39, 0.29) is 5.78 Å². The van der Waals surface area contributed by atoms with Gasteiger partial charge in [0.2, 0.25) is 5.78 Å². The zero-order valence-corrected chi connectivity index (χ0v) is 11.0. The third-order valence-electron chi connectivity index (χ3n) is 3.14. The number of benzene rings is 1. The first-order chi connectivity index (χ1) is 9.22. The Balaban J connectivity index is 2.25. The number of fused-ring (bicyclic) bond motifs is 1. The smallest absolute Gasteiger partial charge is 0.205 e. The molecule has 0 bridgehead atoms. The van der Waals surface area contributed by atoms with E-state index in [1.54, 1.807) is 12.3 Å². The summed E-state index contributed by atoms with van der Waals surface area (Å²) in [6, 6.07) is 9.48. The van der Waals surface area contributed by atoms with E-state index in [0.29, 0.717) is 16.5 Å². The predicted octanol–water partition coefficient (Wildman–Crippen LogP) is 3.64. The summed E-state index contributed by atoms with van der Waals surface area (Å²) in [6.45, 7) is 1.92. The number of rotatable bonds is 2. The monoisotopic (exact) mass is 266 g/mol. The molecule has 0 unspecified atom stereocenters. The van der Waals surface area contributed by atoms with E-state index < -0.39 is 0 Å². The van der Waals surface area contributed by atoms with Crippen molar-refractivity contribution in [2.75, 3.05) is 0 Å². The van der Waals surface area contributed by atoms with Gasteiger partial charge in [-0.25, -0.2) is 0 Å². The number of nitrogens with one attached hydrogen (secondary N) is 1. The summed E-state index contributed by atoms with van der Waals surface area (Å²) in [5.41, 5.74) is 2.88. The minimum atomic E-state index is -0.0264. The molecule has 4 heteroatoms. The molecule has 0 saturated heterocycles. The second kappa shape index (κ2) is 4.38. The lowest BCUT2D eigenvalue weighted by atomic mass is 10.0. The van der Waals surface area contributed by atoms with Gasteiger partial charge in [-0.15, -0.1) is 11.3 Å². The van der Waals surface area contributed by atoms with E-state index in [0.717, 1.165) is 16.0 Å². The average molecular weight is 266 g/mol. The van der Waals surface area contributed by atoms with Crippen LogP contribution < -0.4 is 0 Å². The van der Waals surface area contributed by atoms with Crippen LogP contribution in [0, 0.1) is 18.3 Å². The summed E-state index contributed by atoms with van der Waals surface area (Å²) in [4.78, 5) is 16.3. The van der Waals surface area contributed by atoms with Crippen LogP contribution in [0.1, 0.15) is 26.4 Å². The maximum atomic E-state index is 12.6. The summed E-state index contributed by atoms with van der Waals surface area (Å²) in [5.74, 6) is -0.0264. The minimum Gasteiger partial charge on any atom is -0.360 e. The molecule has 0 aliphatic heterocycles. The normalized spacial score (nSPS) is 10.5. The standard InChI is InChI=1S/C15H10N2OS/c1-9-5-6-19-15(9)14(18)11-8-17-12-4-2-3-10(7-16)13(11)12/h2-6,8,17H,1H3. The van der Waals surface area contributed by atoms with Crippen molar-refractivity contribution >= 4 is 28.0 Å². The van der Waals surface area contributed by atoms with E-state index in [4.69, 9.17) is 0 Å². The first kappa shape index (κ1) is 11.7. The second-order valence-corrected chi connectivity index (χ2v) is 5.22. The lowest BCUT2D eigenvalue weighted by Crippen LogP contribution is -2.00. The van der Waals surface area contributed by atoms with Crippen LogP contribution in [0.3, 0.4) is 0 Å². The molecule has 0 spiro atoms. The summed E-state index contributed by atoms with van der Waals surface area (Å²) in [7, 11) is 0. The Hall–Kier alpha value is -2.38. The van der Waals surface area contributed by atoms with Gasteiger partial charge in [-0.05, 0) is 36.1 Å². The number of hydrogen-bond acceptors (Lipinski definition) is 3. The molecule has 2 aromatic heterocycles. The topological polar surface area (TPSA) is 56.6 Å². The fraction of sp³-hybridized carbons (Fsp3) is 0.0667. The average Bonchev–Trinajstić information content (AvgIpc) is 3.03. The quantitative estimate of drug-likeness (QED) is 0.720. The first-order valence-corrected chi connectivity index (χ1v) is 6.69. The maximum absolute atomic E-state index is 12.6. The molecule has 0 saturated carbocycles. The van der Waals surface area contributed by atoms with Crippen molar-refractivity contribution in [3.63, 3.8) is 0 Å². The minimum absolute atomic E-state index is 0.0264. The van der Waals surface area contributed by atoms with Crippen molar-refractivity contribution in [1.82, 2.24) is 4.98 Å². The summed E-state index contributed by atoms with van der Waals surface area (Å²) < 4.78 is 0. The Morgan fingerprint density at radius 1 is 1.37 bits per heavy atom. The number of aromatic amines is 1. The van der Waals surface area contributed by atoms with Crippen LogP contribution in [0.5, 0.6) is 0 Å². The van der Waals surface area contributed by atoms with Crippen LogP contribution in [0.25, 0.3) is 10.9 Å². The number of H-pyrrole nitrogens is 1. The SMILES string of the molecule is Cc1ccsc1C(=O)c1c[nH]c2cccc(C#N)c12. The Labute approximate surface area is 114 Å². The van der Waals surface area contributed by atoms with Crippen LogP contribution in [0.4, 0.5) is 0 Å².